The minimum Gasteiger partial charge on any atom is -0.381 e. The van der Waals surface area contributed by atoms with E-state index in [0.717, 1.165) is 30.5 Å². The van der Waals surface area contributed by atoms with Gasteiger partial charge in [-0.2, -0.15) is 0 Å². The molecule has 20 heavy (non-hydrogen) atoms. The Balaban J connectivity index is 1.75. The molecule has 3 heterocycles. The van der Waals surface area contributed by atoms with Gasteiger partial charge in [-0.15, -0.1) is 0 Å². The third-order valence-electron chi connectivity index (χ3n) is 4.12. The largest absolute Gasteiger partial charge is 0.381 e. The summed E-state index contributed by atoms with van der Waals surface area (Å²) in [6.07, 6.45) is 5.48. The van der Waals surface area contributed by atoms with Crippen molar-refractivity contribution in [3.05, 3.63) is 29.1 Å². The second kappa shape index (κ2) is 5.89. The van der Waals surface area contributed by atoms with Gasteiger partial charge < -0.3 is 14.4 Å². The molecule has 0 aliphatic carbocycles. The lowest BCUT2D eigenvalue weighted by atomic mass is 9.96. The van der Waals surface area contributed by atoms with Crippen molar-refractivity contribution in [3.63, 3.8) is 0 Å². The van der Waals surface area contributed by atoms with Crippen molar-refractivity contribution >= 4 is 5.91 Å². The molecular formula is C15H20N2O3. The van der Waals surface area contributed by atoms with Crippen molar-refractivity contribution in [1.29, 1.82) is 0 Å². The molecule has 1 unspecified atom stereocenters. The Bertz CT molecular complexity index is 498. The lowest BCUT2D eigenvalue weighted by Crippen LogP contribution is -2.40. The van der Waals surface area contributed by atoms with Gasteiger partial charge in [0.25, 0.3) is 0 Å². The average molecular weight is 276 g/mol. The number of rotatable bonds is 3. The van der Waals surface area contributed by atoms with Crippen LogP contribution < -0.4 is 0 Å². The van der Waals surface area contributed by atoms with E-state index in [4.69, 9.17) is 9.47 Å². The third-order valence-corrected chi connectivity index (χ3v) is 4.12. The average Bonchev–Trinajstić information content (AvgIpc) is 3.01. The second-order valence-corrected chi connectivity index (χ2v) is 5.44. The number of hydrogen-bond donors (Lipinski definition) is 0. The van der Waals surface area contributed by atoms with Crippen LogP contribution in [0.4, 0.5) is 0 Å². The number of hydrogen-bond acceptors (Lipinski definition) is 4. The van der Waals surface area contributed by atoms with Gasteiger partial charge in [0, 0.05) is 39.2 Å². The Morgan fingerprint density at radius 3 is 3.20 bits per heavy atom. The highest BCUT2D eigenvalue weighted by atomic mass is 16.5. The molecule has 1 aromatic rings. The van der Waals surface area contributed by atoms with Crippen molar-refractivity contribution < 1.29 is 14.3 Å². The zero-order valence-electron chi connectivity index (χ0n) is 11.8. The molecule has 108 valence electrons. The molecular weight excluding hydrogens is 256 g/mol. The minimum atomic E-state index is 0.0478. The Labute approximate surface area is 118 Å². The molecule has 2 aliphatic heterocycles. The fourth-order valence-electron chi connectivity index (χ4n) is 3.02. The van der Waals surface area contributed by atoms with Gasteiger partial charge in [-0.3, -0.25) is 9.78 Å². The number of amides is 1. The first-order valence-electron chi connectivity index (χ1n) is 7.09. The van der Waals surface area contributed by atoms with Crippen LogP contribution in [0.2, 0.25) is 0 Å². The summed E-state index contributed by atoms with van der Waals surface area (Å²) in [4.78, 5) is 18.6. The maximum atomic E-state index is 12.4. The number of fused-ring (bicyclic) bond motifs is 1. The lowest BCUT2D eigenvalue weighted by molar-refractivity contribution is -0.136. The van der Waals surface area contributed by atoms with Gasteiger partial charge in [0.1, 0.15) is 0 Å². The standard InChI is InChI=1S/C15H20N2O3/c1-19-9-13-7-16-6-12-8-17(4-2-14(12)13)15(18)11-3-5-20-10-11/h6-7,11H,2-5,8-10H2,1H3. The van der Waals surface area contributed by atoms with Crippen LogP contribution in [0.5, 0.6) is 0 Å². The topological polar surface area (TPSA) is 51.7 Å². The van der Waals surface area contributed by atoms with Crippen molar-refractivity contribution in [2.75, 3.05) is 26.9 Å². The predicted octanol–water partition coefficient (Wildman–Crippen LogP) is 1.15. The molecule has 0 aromatic carbocycles. The first-order valence-corrected chi connectivity index (χ1v) is 7.09. The molecule has 1 saturated heterocycles. The second-order valence-electron chi connectivity index (χ2n) is 5.44. The number of aromatic nitrogens is 1. The quantitative estimate of drug-likeness (QED) is 0.831. The van der Waals surface area contributed by atoms with Crippen LogP contribution in [0.1, 0.15) is 23.1 Å². The van der Waals surface area contributed by atoms with Crippen molar-refractivity contribution in [2.45, 2.75) is 26.0 Å². The minimum absolute atomic E-state index is 0.0478. The van der Waals surface area contributed by atoms with E-state index in [1.54, 1.807) is 7.11 Å². The Morgan fingerprint density at radius 2 is 2.45 bits per heavy atom. The summed E-state index contributed by atoms with van der Waals surface area (Å²) in [5, 5.41) is 0. The van der Waals surface area contributed by atoms with E-state index in [2.05, 4.69) is 4.98 Å². The Hall–Kier alpha value is -1.46. The van der Waals surface area contributed by atoms with E-state index < -0.39 is 0 Å². The summed E-state index contributed by atoms with van der Waals surface area (Å²) >= 11 is 0. The third kappa shape index (κ3) is 2.55. The van der Waals surface area contributed by atoms with E-state index in [0.29, 0.717) is 26.4 Å². The molecule has 1 amide bonds. The van der Waals surface area contributed by atoms with Crippen LogP contribution in [-0.2, 0) is 33.8 Å². The molecule has 5 heteroatoms. The van der Waals surface area contributed by atoms with Crippen molar-refractivity contribution in [3.8, 4) is 0 Å². The first-order chi connectivity index (χ1) is 9.79. The number of pyridine rings is 1. The molecule has 2 aliphatic rings. The zero-order valence-corrected chi connectivity index (χ0v) is 11.8. The summed E-state index contributed by atoms with van der Waals surface area (Å²) in [7, 11) is 1.69. The van der Waals surface area contributed by atoms with E-state index in [-0.39, 0.29) is 11.8 Å². The van der Waals surface area contributed by atoms with E-state index in [9.17, 15) is 4.79 Å². The molecule has 1 fully saturated rings. The van der Waals surface area contributed by atoms with Crippen LogP contribution in [0.25, 0.3) is 0 Å². The fourth-order valence-corrected chi connectivity index (χ4v) is 3.02. The van der Waals surface area contributed by atoms with Crippen LogP contribution in [0.3, 0.4) is 0 Å². The van der Waals surface area contributed by atoms with Gasteiger partial charge in [0.2, 0.25) is 5.91 Å². The highest BCUT2D eigenvalue weighted by Crippen LogP contribution is 2.25. The van der Waals surface area contributed by atoms with Crippen LogP contribution in [0.15, 0.2) is 12.4 Å². The molecule has 0 radical (unpaired) electrons. The highest BCUT2D eigenvalue weighted by molar-refractivity contribution is 5.79. The highest BCUT2D eigenvalue weighted by Gasteiger charge is 2.30. The fraction of sp³-hybridized carbons (Fsp3) is 0.600. The summed E-state index contributed by atoms with van der Waals surface area (Å²) in [6.45, 7) is 3.31. The van der Waals surface area contributed by atoms with Gasteiger partial charge in [-0.1, -0.05) is 0 Å². The number of methoxy groups -OCH3 is 1. The maximum absolute atomic E-state index is 12.4. The zero-order chi connectivity index (χ0) is 13.9. The number of carbonyl (C=O) groups excluding carboxylic acids is 1. The van der Waals surface area contributed by atoms with Gasteiger partial charge in [-0.05, 0) is 29.5 Å². The smallest absolute Gasteiger partial charge is 0.228 e. The van der Waals surface area contributed by atoms with Gasteiger partial charge >= 0.3 is 0 Å². The summed E-state index contributed by atoms with van der Waals surface area (Å²) in [5.41, 5.74) is 3.59. The SMILES string of the molecule is COCc1cncc2c1CCN(C(=O)C1CCOC1)C2. The Kier molecular flexibility index (Phi) is 3.98. The number of ether oxygens (including phenoxy) is 2. The monoisotopic (exact) mass is 276 g/mol. The molecule has 0 bridgehead atoms. The lowest BCUT2D eigenvalue weighted by Gasteiger charge is -2.31. The van der Waals surface area contributed by atoms with Gasteiger partial charge in [0.15, 0.2) is 0 Å². The first kappa shape index (κ1) is 13.5. The van der Waals surface area contributed by atoms with Crippen molar-refractivity contribution in [1.82, 2.24) is 9.88 Å². The van der Waals surface area contributed by atoms with Crippen LogP contribution in [0, 0.1) is 5.92 Å². The molecule has 0 saturated carbocycles. The van der Waals surface area contributed by atoms with E-state index >= 15 is 0 Å². The molecule has 1 aromatic heterocycles. The van der Waals surface area contributed by atoms with Gasteiger partial charge in [-0.25, -0.2) is 0 Å². The summed E-state index contributed by atoms with van der Waals surface area (Å²) < 4.78 is 10.5. The molecule has 0 N–H and O–H groups in total. The van der Waals surface area contributed by atoms with Gasteiger partial charge in [0.05, 0.1) is 19.1 Å². The predicted molar refractivity (Wildman–Crippen MR) is 73.0 cm³/mol. The van der Waals surface area contributed by atoms with Crippen molar-refractivity contribution in [2.24, 2.45) is 5.92 Å². The summed E-state index contributed by atoms with van der Waals surface area (Å²) in [5.74, 6) is 0.275. The molecule has 1 atom stereocenters. The van der Waals surface area contributed by atoms with Crippen LogP contribution in [-0.4, -0.2) is 42.7 Å². The molecule has 5 nitrogen and oxygen atoms in total. The van der Waals surface area contributed by atoms with E-state index in [1.807, 2.05) is 17.3 Å². The summed E-state index contributed by atoms with van der Waals surface area (Å²) in [6, 6.07) is 0. The number of carbonyl (C=O) groups is 1. The molecule has 3 rings (SSSR count). The number of nitrogens with zero attached hydrogens (tertiary/aromatic N) is 2. The Morgan fingerprint density at radius 1 is 1.55 bits per heavy atom. The normalized spacial score (nSPS) is 21.9. The maximum Gasteiger partial charge on any atom is 0.228 e. The molecule has 0 spiro atoms. The van der Waals surface area contributed by atoms with E-state index in [1.165, 1.54) is 5.56 Å². The van der Waals surface area contributed by atoms with Crippen LogP contribution >= 0.6 is 0 Å².